The van der Waals surface area contributed by atoms with Crippen LogP contribution < -0.4 is 0 Å². The molecule has 0 amide bonds. The summed E-state index contributed by atoms with van der Waals surface area (Å²) in [5, 5.41) is 0.813. The van der Waals surface area contributed by atoms with Crippen LogP contribution in [0.2, 0.25) is 0 Å². The highest BCUT2D eigenvalue weighted by Crippen LogP contribution is 2.24. The first-order valence-corrected chi connectivity index (χ1v) is 4.88. The lowest BCUT2D eigenvalue weighted by atomic mass is 10.1. The molecule has 0 spiro atoms. The molecule has 78 valence electrons. The molecule has 1 heterocycles. The number of rotatable bonds is 2. The molecule has 0 bridgehead atoms. The number of ether oxygens (including phenoxy) is 1. The summed E-state index contributed by atoms with van der Waals surface area (Å²) in [6, 6.07) is 5.41. The second-order valence-electron chi connectivity index (χ2n) is 3.31. The van der Waals surface area contributed by atoms with E-state index in [1.165, 1.54) is 0 Å². The van der Waals surface area contributed by atoms with Gasteiger partial charge in [-0.15, -0.1) is 0 Å². The summed E-state index contributed by atoms with van der Waals surface area (Å²) < 4.78 is 10.3. The van der Waals surface area contributed by atoms with Crippen molar-refractivity contribution < 1.29 is 13.9 Å². The standard InChI is InChI=1S/C12H12O3/c1-3-14-12(13)10-5-4-8(2)11-9(10)6-7-15-11/h4-7H,3H2,1-2H3. The quantitative estimate of drug-likeness (QED) is 0.706. The summed E-state index contributed by atoms with van der Waals surface area (Å²) in [5.41, 5.74) is 2.33. The lowest BCUT2D eigenvalue weighted by molar-refractivity contribution is 0.0528. The molecule has 0 N–H and O–H groups in total. The van der Waals surface area contributed by atoms with E-state index in [2.05, 4.69) is 0 Å². The average molecular weight is 204 g/mol. The van der Waals surface area contributed by atoms with Crippen molar-refractivity contribution in [3.05, 3.63) is 35.6 Å². The normalized spacial score (nSPS) is 10.5. The van der Waals surface area contributed by atoms with Gasteiger partial charge in [-0.1, -0.05) is 6.07 Å². The largest absolute Gasteiger partial charge is 0.464 e. The van der Waals surface area contributed by atoms with Crippen LogP contribution >= 0.6 is 0 Å². The minimum absolute atomic E-state index is 0.302. The Hall–Kier alpha value is -1.77. The maximum absolute atomic E-state index is 11.6. The molecule has 0 radical (unpaired) electrons. The summed E-state index contributed by atoms with van der Waals surface area (Å²) >= 11 is 0. The minimum Gasteiger partial charge on any atom is -0.464 e. The molecule has 15 heavy (non-hydrogen) atoms. The van der Waals surface area contributed by atoms with Gasteiger partial charge in [0.15, 0.2) is 0 Å². The number of furan rings is 1. The lowest BCUT2D eigenvalue weighted by Gasteiger charge is -2.03. The Balaban J connectivity index is 2.57. The summed E-state index contributed by atoms with van der Waals surface area (Å²) in [6.45, 7) is 4.12. The van der Waals surface area contributed by atoms with Crippen LogP contribution in [0.5, 0.6) is 0 Å². The highest BCUT2D eigenvalue weighted by Gasteiger charge is 2.13. The fourth-order valence-electron chi connectivity index (χ4n) is 1.59. The Bertz CT molecular complexity index is 497. The Morgan fingerprint density at radius 3 is 2.93 bits per heavy atom. The molecule has 0 atom stereocenters. The van der Waals surface area contributed by atoms with Gasteiger partial charge in [0.25, 0.3) is 0 Å². The van der Waals surface area contributed by atoms with Crippen LogP contribution in [0.25, 0.3) is 11.0 Å². The van der Waals surface area contributed by atoms with E-state index in [-0.39, 0.29) is 5.97 Å². The van der Waals surface area contributed by atoms with Gasteiger partial charge in [0.1, 0.15) is 5.58 Å². The molecule has 0 aliphatic rings. The van der Waals surface area contributed by atoms with Gasteiger partial charge >= 0.3 is 5.97 Å². The van der Waals surface area contributed by atoms with Gasteiger partial charge in [0, 0.05) is 5.39 Å². The van der Waals surface area contributed by atoms with Crippen molar-refractivity contribution in [3.63, 3.8) is 0 Å². The summed E-state index contributed by atoms with van der Waals surface area (Å²) in [6.07, 6.45) is 1.58. The van der Waals surface area contributed by atoms with E-state index in [1.54, 1.807) is 25.3 Å². The lowest BCUT2D eigenvalue weighted by Crippen LogP contribution is -2.04. The molecule has 0 saturated carbocycles. The number of hydrogen-bond donors (Lipinski definition) is 0. The zero-order valence-corrected chi connectivity index (χ0v) is 8.74. The third-order valence-corrected chi connectivity index (χ3v) is 2.31. The number of esters is 1. The van der Waals surface area contributed by atoms with E-state index in [0.717, 1.165) is 16.5 Å². The van der Waals surface area contributed by atoms with Crippen LogP contribution in [-0.2, 0) is 4.74 Å². The Kier molecular flexibility index (Phi) is 2.46. The Morgan fingerprint density at radius 1 is 1.40 bits per heavy atom. The van der Waals surface area contributed by atoms with Gasteiger partial charge in [-0.25, -0.2) is 4.79 Å². The number of fused-ring (bicyclic) bond motifs is 1. The Morgan fingerprint density at radius 2 is 2.20 bits per heavy atom. The summed E-state index contributed by atoms with van der Waals surface area (Å²) in [4.78, 5) is 11.6. The molecule has 2 rings (SSSR count). The van der Waals surface area contributed by atoms with Gasteiger partial charge in [0.05, 0.1) is 18.4 Å². The van der Waals surface area contributed by atoms with Gasteiger partial charge in [0.2, 0.25) is 0 Å². The van der Waals surface area contributed by atoms with Gasteiger partial charge in [-0.2, -0.15) is 0 Å². The predicted octanol–water partition coefficient (Wildman–Crippen LogP) is 2.92. The maximum Gasteiger partial charge on any atom is 0.338 e. The number of aryl methyl sites for hydroxylation is 1. The average Bonchev–Trinajstić information content (AvgIpc) is 2.68. The van der Waals surface area contributed by atoms with Crippen LogP contribution in [0.15, 0.2) is 28.9 Å². The zero-order valence-electron chi connectivity index (χ0n) is 8.74. The predicted molar refractivity (Wildman–Crippen MR) is 56.9 cm³/mol. The van der Waals surface area contributed by atoms with E-state index >= 15 is 0 Å². The van der Waals surface area contributed by atoms with Gasteiger partial charge in [-0.05, 0) is 31.5 Å². The van der Waals surface area contributed by atoms with Crippen molar-refractivity contribution in [3.8, 4) is 0 Å². The van der Waals surface area contributed by atoms with Crippen LogP contribution in [-0.4, -0.2) is 12.6 Å². The van der Waals surface area contributed by atoms with E-state index in [9.17, 15) is 4.79 Å². The van der Waals surface area contributed by atoms with Crippen LogP contribution in [0.1, 0.15) is 22.8 Å². The van der Waals surface area contributed by atoms with Gasteiger partial charge in [-0.3, -0.25) is 0 Å². The number of carbonyl (C=O) groups excluding carboxylic acids is 1. The van der Waals surface area contributed by atoms with Gasteiger partial charge < -0.3 is 9.15 Å². The fraction of sp³-hybridized carbons (Fsp3) is 0.250. The molecule has 0 fully saturated rings. The second kappa shape index (κ2) is 3.77. The highest BCUT2D eigenvalue weighted by atomic mass is 16.5. The molecule has 0 saturated heterocycles. The number of benzene rings is 1. The van der Waals surface area contributed by atoms with Crippen molar-refractivity contribution in [1.29, 1.82) is 0 Å². The van der Waals surface area contributed by atoms with Crippen molar-refractivity contribution in [2.45, 2.75) is 13.8 Å². The molecule has 3 nitrogen and oxygen atoms in total. The number of hydrogen-bond acceptors (Lipinski definition) is 3. The molecule has 1 aromatic carbocycles. The Labute approximate surface area is 87.6 Å². The first kappa shape index (κ1) is 9.77. The van der Waals surface area contributed by atoms with E-state index in [0.29, 0.717) is 12.2 Å². The van der Waals surface area contributed by atoms with Crippen LogP contribution in [0, 0.1) is 6.92 Å². The molecular weight excluding hydrogens is 192 g/mol. The van der Waals surface area contributed by atoms with E-state index in [4.69, 9.17) is 9.15 Å². The molecule has 0 aliphatic heterocycles. The maximum atomic E-state index is 11.6. The third kappa shape index (κ3) is 1.61. The van der Waals surface area contributed by atoms with E-state index < -0.39 is 0 Å². The molecule has 3 heteroatoms. The van der Waals surface area contributed by atoms with Crippen molar-refractivity contribution in [2.24, 2.45) is 0 Å². The first-order valence-electron chi connectivity index (χ1n) is 4.88. The van der Waals surface area contributed by atoms with Crippen molar-refractivity contribution in [2.75, 3.05) is 6.61 Å². The monoisotopic (exact) mass is 204 g/mol. The SMILES string of the molecule is CCOC(=O)c1ccc(C)c2occc12. The molecule has 1 aromatic heterocycles. The molecule has 0 aliphatic carbocycles. The molecule has 2 aromatic rings. The van der Waals surface area contributed by atoms with Crippen molar-refractivity contribution in [1.82, 2.24) is 0 Å². The summed E-state index contributed by atoms with van der Waals surface area (Å²) in [5.74, 6) is -0.302. The number of carbonyl (C=O) groups is 1. The van der Waals surface area contributed by atoms with E-state index in [1.807, 2.05) is 13.0 Å². The zero-order chi connectivity index (χ0) is 10.8. The third-order valence-electron chi connectivity index (χ3n) is 2.31. The fourth-order valence-corrected chi connectivity index (χ4v) is 1.59. The topological polar surface area (TPSA) is 39.4 Å². The highest BCUT2D eigenvalue weighted by molar-refractivity contribution is 6.03. The smallest absolute Gasteiger partial charge is 0.338 e. The summed E-state index contributed by atoms with van der Waals surface area (Å²) in [7, 11) is 0. The molecule has 0 unspecified atom stereocenters. The first-order chi connectivity index (χ1) is 7.24. The van der Waals surface area contributed by atoms with Crippen LogP contribution in [0.4, 0.5) is 0 Å². The minimum atomic E-state index is -0.302. The second-order valence-corrected chi connectivity index (χ2v) is 3.31. The van der Waals surface area contributed by atoms with Crippen LogP contribution in [0.3, 0.4) is 0 Å². The van der Waals surface area contributed by atoms with Crippen molar-refractivity contribution >= 4 is 16.9 Å². The molecular formula is C12H12O3.